The third-order valence-corrected chi connectivity index (χ3v) is 2.33. The second kappa shape index (κ2) is 5.49. The van der Waals surface area contributed by atoms with E-state index in [0.717, 1.165) is 12.6 Å². The smallest absolute Gasteiger partial charge is 0.0477 e. The van der Waals surface area contributed by atoms with Gasteiger partial charge < -0.3 is 9.64 Å². The molecule has 0 aromatic rings. The maximum absolute atomic E-state index is 5.03. The van der Waals surface area contributed by atoms with E-state index in [-0.39, 0.29) is 4.70 Å². The summed E-state index contributed by atoms with van der Waals surface area (Å²) < 4.78 is 5.03. The van der Waals surface area contributed by atoms with Crippen molar-refractivity contribution in [2.24, 2.45) is 0 Å². The van der Waals surface area contributed by atoms with Crippen molar-refractivity contribution in [2.75, 3.05) is 27.3 Å². The van der Waals surface area contributed by atoms with E-state index in [4.69, 9.17) is 4.74 Å². The highest BCUT2D eigenvalue weighted by Crippen LogP contribution is 2.17. The zero-order chi connectivity index (χ0) is 7.40. The molecule has 0 radical (unpaired) electrons. The van der Waals surface area contributed by atoms with E-state index in [0.29, 0.717) is 0 Å². The summed E-state index contributed by atoms with van der Waals surface area (Å²) in [5.74, 6) is 0. The third-order valence-electron chi connectivity index (χ3n) is 2.33. The van der Waals surface area contributed by atoms with Crippen LogP contribution in [0.5, 0.6) is 0 Å². The van der Waals surface area contributed by atoms with Gasteiger partial charge in [0.15, 0.2) is 0 Å². The number of methoxy groups -OCH3 is 1. The summed E-state index contributed by atoms with van der Waals surface area (Å²) >= 11 is 0. The molecule has 0 saturated carbocycles. The first-order valence-electron chi connectivity index (χ1n) is 4.04. The number of nitrogens with zero attached hydrogens (tertiary/aromatic N) is 1. The van der Waals surface area contributed by atoms with Gasteiger partial charge in [-0.3, -0.25) is 4.70 Å². The van der Waals surface area contributed by atoms with Crippen LogP contribution >= 0.6 is 0 Å². The summed E-state index contributed by atoms with van der Waals surface area (Å²) in [5, 5.41) is 0. The van der Waals surface area contributed by atoms with Gasteiger partial charge in [0.1, 0.15) is 0 Å². The van der Waals surface area contributed by atoms with Crippen molar-refractivity contribution in [3.63, 3.8) is 0 Å². The van der Waals surface area contributed by atoms with Crippen LogP contribution in [0, 0.1) is 0 Å². The molecule has 3 heteroatoms. The zero-order valence-corrected chi connectivity index (χ0v) is 7.38. The second-order valence-corrected chi connectivity index (χ2v) is 3.06. The van der Waals surface area contributed by atoms with Gasteiger partial charge in [0.25, 0.3) is 0 Å². The van der Waals surface area contributed by atoms with Crippen molar-refractivity contribution in [2.45, 2.75) is 25.3 Å². The summed E-state index contributed by atoms with van der Waals surface area (Å²) in [5.41, 5.74) is 0. The Bertz CT molecular complexity index is 100. The number of hydrogen-bond acceptors (Lipinski definition) is 2. The molecule has 1 atom stereocenters. The van der Waals surface area contributed by atoms with Gasteiger partial charge in [0, 0.05) is 19.8 Å². The largest absolute Gasteiger partial charge is 0.385 e. The molecule has 0 aromatic carbocycles. The lowest BCUT2D eigenvalue weighted by Crippen LogP contribution is -2.25. The van der Waals surface area contributed by atoms with E-state index in [1.807, 2.05) is 0 Å². The number of halogens is 1. The molecule has 1 fully saturated rings. The van der Waals surface area contributed by atoms with Gasteiger partial charge in [-0.1, -0.05) is 0 Å². The Balaban J connectivity index is 0.000001000. The van der Waals surface area contributed by atoms with Gasteiger partial charge in [-0.2, -0.15) is 0 Å². The summed E-state index contributed by atoms with van der Waals surface area (Å²) in [7, 11) is 3.97. The van der Waals surface area contributed by atoms with E-state index in [1.165, 1.54) is 25.8 Å². The molecule has 0 amide bonds. The van der Waals surface area contributed by atoms with Gasteiger partial charge >= 0.3 is 0 Å². The number of hydrogen-bond donors (Lipinski definition) is 0. The van der Waals surface area contributed by atoms with Gasteiger partial charge in [-0.05, 0) is 32.9 Å². The number of rotatable bonds is 3. The molecule has 1 heterocycles. The molecule has 0 unspecified atom stereocenters. The van der Waals surface area contributed by atoms with Crippen LogP contribution in [0.4, 0.5) is 4.70 Å². The lowest BCUT2D eigenvalue weighted by atomic mass is 10.2. The molecule has 11 heavy (non-hydrogen) atoms. The Labute approximate surface area is 67.9 Å². The van der Waals surface area contributed by atoms with E-state index in [9.17, 15) is 0 Å². The predicted octanol–water partition coefficient (Wildman–Crippen LogP) is 1.27. The minimum atomic E-state index is 0. The van der Waals surface area contributed by atoms with Crippen molar-refractivity contribution in [1.29, 1.82) is 0 Å². The first-order valence-corrected chi connectivity index (χ1v) is 4.04. The van der Waals surface area contributed by atoms with Gasteiger partial charge in [0.2, 0.25) is 0 Å². The topological polar surface area (TPSA) is 12.5 Å². The first kappa shape index (κ1) is 10.8. The van der Waals surface area contributed by atoms with Crippen LogP contribution < -0.4 is 0 Å². The van der Waals surface area contributed by atoms with Crippen molar-refractivity contribution >= 4 is 0 Å². The Kier molecular flexibility index (Phi) is 5.42. The molecular formula is C8H18FNO. The molecule has 1 aliphatic heterocycles. The monoisotopic (exact) mass is 163 g/mol. The molecule has 1 saturated heterocycles. The normalized spacial score (nSPS) is 25.1. The minimum absolute atomic E-state index is 0. The second-order valence-electron chi connectivity index (χ2n) is 3.06. The Morgan fingerprint density at radius 3 is 2.73 bits per heavy atom. The Hall–Kier alpha value is -0.150. The van der Waals surface area contributed by atoms with E-state index < -0.39 is 0 Å². The van der Waals surface area contributed by atoms with Gasteiger partial charge in [-0.25, -0.2) is 0 Å². The molecule has 2 nitrogen and oxygen atoms in total. The SMILES string of the molecule is COCC[C@@H]1CCCN1C.F. The average Bonchev–Trinajstić information content (AvgIpc) is 2.31. The fraction of sp³-hybridized carbons (Fsp3) is 1.00. The van der Waals surface area contributed by atoms with Crippen LogP contribution in [0.2, 0.25) is 0 Å². The summed E-state index contributed by atoms with van der Waals surface area (Å²) in [6.07, 6.45) is 3.93. The predicted molar refractivity (Wildman–Crippen MR) is 44.6 cm³/mol. The molecule has 68 valence electrons. The van der Waals surface area contributed by atoms with E-state index in [1.54, 1.807) is 7.11 Å². The quantitative estimate of drug-likeness (QED) is 0.621. The van der Waals surface area contributed by atoms with E-state index in [2.05, 4.69) is 11.9 Å². The van der Waals surface area contributed by atoms with Gasteiger partial charge in [0.05, 0.1) is 0 Å². The highest BCUT2D eigenvalue weighted by Gasteiger charge is 2.19. The highest BCUT2D eigenvalue weighted by molar-refractivity contribution is 4.75. The van der Waals surface area contributed by atoms with Crippen molar-refractivity contribution in [3.8, 4) is 0 Å². The fourth-order valence-electron chi connectivity index (χ4n) is 1.60. The summed E-state index contributed by atoms with van der Waals surface area (Å²) in [6, 6.07) is 0.792. The number of ether oxygens (including phenoxy) is 1. The van der Waals surface area contributed by atoms with Crippen LogP contribution in [0.25, 0.3) is 0 Å². The number of likely N-dealkylation sites (tertiary alicyclic amines) is 1. The Morgan fingerprint density at radius 1 is 1.55 bits per heavy atom. The first-order chi connectivity index (χ1) is 4.84. The van der Waals surface area contributed by atoms with Crippen LogP contribution in [-0.4, -0.2) is 38.3 Å². The molecule has 0 N–H and O–H groups in total. The maximum atomic E-state index is 5.03. The average molecular weight is 163 g/mol. The van der Waals surface area contributed by atoms with Crippen LogP contribution in [-0.2, 0) is 4.74 Å². The minimum Gasteiger partial charge on any atom is -0.385 e. The van der Waals surface area contributed by atoms with Gasteiger partial charge in [-0.15, -0.1) is 0 Å². The van der Waals surface area contributed by atoms with Crippen LogP contribution in [0.15, 0.2) is 0 Å². The summed E-state index contributed by atoms with van der Waals surface area (Å²) in [4.78, 5) is 2.43. The molecule has 0 spiro atoms. The molecule has 0 aromatic heterocycles. The Morgan fingerprint density at radius 2 is 2.27 bits per heavy atom. The highest BCUT2D eigenvalue weighted by atomic mass is 19.0. The third kappa shape index (κ3) is 3.16. The molecule has 1 rings (SSSR count). The van der Waals surface area contributed by atoms with Crippen LogP contribution in [0.3, 0.4) is 0 Å². The van der Waals surface area contributed by atoms with Crippen molar-refractivity contribution in [3.05, 3.63) is 0 Å². The fourth-order valence-corrected chi connectivity index (χ4v) is 1.60. The molecule has 0 aliphatic carbocycles. The standard InChI is InChI=1S/C8H17NO.FH/c1-9-6-3-4-8(9)5-7-10-2;/h8H,3-7H2,1-2H3;1H/t8-;/m0./s1. The van der Waals surface area contributed by atoms with E-state index >= 15 is 0 Å². The summed E-state index contributed by atoms with van der Waals surface area (Å²) in [6.45, 7) is 2.18. The van der Waals surface area contributed by atoms with Crippen LogP contribution in [0.1, 0.15) is 19.3 Å². The van der Waals surface area contributed by atoms with Crippen molar-refractivity contribution in [1.82, 2.24) is 4.90 Å². The van der Waals surface area contributed by atoms with Crippen molar-refractivity contribution < 1.29 is 9.44 Å². The molecule has 1 aliphatic rings. The maximum Gasteiger partial charge on any atom is 0.0477 e. The zero-order valence-electron chi connectivity index (χ0n) is 7.38. The lowest BCUT2D eigenvalue weighted by Gasteiger charge is -2.18. The molecular weight excluding hydrogens is 145 g/mol. The lowest BCUT2D eigenvalue weighted by molar-refractivity contribution is 0.163. The molecule has 0 bridgehead atoms.